The number of nitrogens with zero attached hydrogens (tertiary/aromatic N) is 3. The lowest BCUT2D eigenvalue weighted by Crippen LogP contribution is -2.29. The van der Waals surface area contributed by atoms with Gasteiger partial charge in [0.25, 0.3) is 5.56 Å². The van der Waals surface area contributed by atoms with Gasteiger partial charge in [-0.3, -0.25) is 9.36 Å². The number of aliphatic hydroxyl groups excluding tert-OH is 2. The average Bonchev–Trinajstić information content (AvgIpc) is 2.88. The van der Waals surface area contributed by atoms with Gasteiger partial charge in [0.15, 0.2) is 5.65 Å². The molecule has 0 atom stereocenters. The zero-order valence-electron chi connectivity index (χ0n) is 20.0. The summed E-state index contributed by atoms with van der Waals surface area (Å²) >= 11 is 0. The molecule has 0 saturated carbocycles. The van der Waals surface area contributed by atoms with Crippen molar-refractivity contribution in [1.82, 2.24) is 14.5 Å². The molecule has 4 aromatic rings. The van der Waals surface area contributed by atoms with Gasteiger partial charge in [-0.1, -0.05) is 43.7 Å². The predicted molar refractivity (Wildman–Crippen MR) is 133 cm³/mol. The van der Waals surface area contributed by atoms with Crippen molar-refractivity contribution < 1.29 is 23.4 Å². The summed E-state index contributed by atoms with van der Waals surface area (Å²) in [5.41, 5.74) is 1.26. The highest BCUT2D eigenvalue weighted by atomic mass is 19.4. The Kier molecular flexibility index (Phi) is 8.44. The van der Waals surface area contributed by atoms with Gasteiger partial charge in [-0.05, 0) is 37.3 Å². The van der Waals surface area contributed by atoms with Crippen LogP contribution in [0.15, 0.2) is 65.5 Å². The number of fused-ring (bicyclic) bond motifs is 1. The van der Waals surface area contributed by atoms with Crippen LogP contribution in [0.2, 0.25) is 0 Å². The van der Waals surface area contributed by atoms with Crippen LogP contribution in [0.25, 0.3) is 28.0 Å². The van der Waals surface area contributed by atoms with Crippen molar-refractivity contribution in [3.63, 3.8) is 0 Å². The van der Waals surface area contributed by atoms with Crippen molar-refractivity contribution >= 4 is 17.0 Å². The zero-order chi connectivity index (χ0) is 26.5. The molecule has 2 aromatic heterocycles. The summed E-state index contributed by atoms with van der Waals surface area (Å²) in [6.45, 7) is 5.15. The minimum atomic E-state index is -4.51. The van der Waals surface area contributed by atoms with E-state index < -0.39 is 36.6 Å². The molecule has 0 unspecified atom stereocenters. The molecule has 0 aliphatic heterocycles. The topological polar surface area (TPSA) is 100 Å². The maximum Gasteiger partial charge on any atom is 0.416 e. The van der Waals surface area contributed by atoms with Gasteiger partial charge in [-0.2, -0.15) is 18.2 Å². The van der Waals surface area contributed by atoms with Gasteiger partial charge in [0.2, 0.25) is 5.95 Å². The molecule has 0 aliphatic rings. The number of aryl methyl sites for hydroxylation is 1. The molecular weight excluding hydrogens is 473 g/mol. The van der Waals surface area contributed by atoms with Gasteiger partial charge >= 0.3 is 6.18 Å². The first-order valence-corrected chi connectivity index (χ1v) is 11.4. The van der Waals surface area contributed by atoms with E-state index in [9.17, 15) is 28.2 Å². The fourth-order valence-electron chi connectivity index (χ4n) is 3.49. The molecule has 0 radical (unpaired) electrons. The molecular formula is C26H27F3N4O3. The highest BCUT2D eigenvalue weighted by Gasteiger charge is 2.30. The van der Waals surface area contributed by atoms with Gasteiger partial charge < -0.3 is 15.5 Å². The van der Waals surface area contributed by atoms with E-state index >= 15 is 0 Å². The predicted octanol–water partition coefficient (Wildman–Crippen LogP) is 4.57. The van der Waals surface area contributed by atoms with Crippen molar-refractivity contribution in [2.45, 2.75) is 33.0 Å². The van der Waals surface area contributed by atoms with Crippen LogP contribution in [0.3, 0.4) is 0 Å². The Bertz CT molecular complexity index is 1370. The van der Waals surface area contributed by atoms with E-state index in [0.717, 1.165) is 23.3 Å². The van der Waals surface area contributed by atoms with E-state index in [1.54, 1.807) is 6.07 Å². The summed E-state index contributed by atoms with van der Waals surface area (Å²) in [5, 5.41) is 22.3. The van der Waals surface area contributed by atoms with Crippen molar-refractivity contribution in [2.24, 2.45) is 0 Å². The number of alkyl halides is 3. The van der Waals surface area contributed by atoms with E-state index in [2.05, 4.69) is 15.3 Å². The number of anilines is 1. The van der Waals surface area contributed by atoms with Crippen LogP contribution in [-0.2, 0) is 6.18 Å². The van der Waals surface area contributed by atoms with Crippen molar-refractivity contribution in [3.05, 3.63) is 82.1 Å². The summed E-state index contributed by atoms with van der Waals surface area (Å²) in [6, 6.07) is 13.8. The Morgan fingerprint density at radius 1 is 0.917 bits per heavy atom. The lowest BCUT2D eigenvalue weighted by molar-refractivity contribution is -0.137. The largest absolute Gasteiger partial charge is 0.416 e. The Hall–Kier alpha value is -3.76. The number of nitrogens with one attached hydrogen (secondary N) is 1. The van der Waals surface area contributed by atoms with Crippen molar-refractivity contribution in [3.8, 4) is 16.9 Å². The smallest absolute Gasteiger partial charge is 0.394 e. The summed E-state index contributed by atoms with van der Waals surface area (Å²) in [6.07, 6.45) is -4.51. The number of hydrogen-bond acceptors (Lipinski definition) is 6. The van der Waals surface area contributed by atoms with Gasteiger partial charge in [0, 0.05) is 17.0 Å². The Morgan fingerprint density at radius 3 is 2.08 bits per heavy atom. The SMILES string of the molecule is CC.Cc1ccc(-c2nc(NC(CO)CO)nc3c2ccc(=O)n3-c2ccc(C(F)(F)F)cc2)cc1. The summed E-state index contributed by atoms with van der Waals surface area (Å²) in [4.78, 5) is 21.8. The number of pyridine rings is 1. The highest BCUT2D eigenvalue weighted by molar-refractivity contribution is 5.92. The van der Waals surface area contributed by atoms with Gasteiger partial charge in [-0.15, -0.1) is 0 Å². The fraction of sp³-hybridized carbons (Fsp3) is 0.269. The van der Waals surface area contributed by atoms with E-state index in [0.29, 0.717) is 11.1 Å². The third kappa shape index (κ3) is 5.72. The number of rotatable bonds is 6. The first-order valence-electron chi connectivity index (χ1n) is 11.4. The molecule has 7 nitrogen and oxygen atoms in total. The van der Waals surface area contributed by atoms with Crippen LogP contribution in [0.4, 0.5) is 19.1 Å². The minimum absolute atomic E-state index is 0.0439. The molecule has 10 heteroatoms. The van der Waals surface area contributed by atoms with E-state index in [1.165, 1.54) is 22.8 Å². The van der Waals surface area contributed by atoms with Crippen LogP contribution < -0.4 is 10.9 Å². The molecule has 0 bridgehead atoms. The standard InChI is InChI=1S/C24H21F3N4O3.C2H6/c1-14-2-4-15(5-3-14)21-19-10-11-20(34)31(18-8-6-16(7-9-18)24(25,26)27)22(19)30-23(29-21)28-17(12-32)13-33;1-2/h2-11,17,32-33H,12-13H2,1H3,(H,28,29,30);1-2H3. The van der Waals surface area contributed by atoms with Crippen LogP contribution in [0.5, 0.6) is 0 Å². The maximum atomic E-state index is 13.0. The third-order valence-corrected chi connectivity index (χ3v) is 5.30. The molecule has 0 spiro atoms. The Morgan fingerprint density at radius 2 is 1.53 bits per heavy atom. The first kappa shape index (κ1) is 26.8. The number of halogens is 3. The quantitative estimate of drug-likeness (QED) is 0.359. The summed E-state index contributed by atoms with van der Waals surface area (Å²) in [7, 11) is 0. The van der Waals surface area contributed by atoms with Crippen molar-refractivity contribution in [1.29, 1.82) is 0 Å². The van der Waals surface area contributed by atoms with Crippen LogP contribution >= 0.6 is 0 Å². The maximum absolute atomic E-state index is 13.0. The number of aromatic nitrogens is 3. The summed E-state index contributed by atoms with van der Waals surface area (Å²) in [5.74, 6) is 0.0439. The Balaban J connectivity index is 0.00000176. The second kappa shape index (κ2) is 11.3. The molecule has 36 heavy (non-hydrogen) atoms. The van der Waals surface area contributed by atoms with E-state index in [-0.39, 0.29) is 17.3 Å². The molecule has 0 fully saturated rings. The number of aliphatic hydroxyl groups is 2. The van der Waals surface area contributed by atoms with Crippen molar-refractivity contribution in [2.75, 3.05) is 18.5 Å². The molecule has 0 amide bonds. The zero-order valence-corrected chi connectivity index (χ0v) is 20.0. The number of benzene rings is 2. The molecule has 0 aliphatic carbocycles. The van der Waals surface area contributed by atoms with E-state index in [1.807, 2.05) is 45.0 Å². The normalized spacial score (nSPS) is 11.4. The summed E-state index contributed by atoms with van der Waals surface area (Å²) < 4.78 is 40.3. The second-order valence-electron chi connectivity index (χ2n) is 7.76. The molecule has 190 valence electrons. The lowest BCUT2D eigenvalue weighted by Gasteiger charge is -2.17. The van der Waals surface area contributed by atoms with Crippen LogP contribution in [-0.4, -0.2) is 44.0 Å². The third-order valence-electron chi connectivity index (χ3n) is 5.30. The molecule has 4 rings (SSSR count). The minimum Gasteiger partial charge on any atom is -0.394 e. The van der Waals surface area contributed by atoms with Gasteiger partial charge in [0.1, 0.15) is 0 Å². The monoisotopic (exact) mass is 500 g/mol. The van der Waals surface area contributed by atoms with Crippen LogP contribution in [0.1, 0.15) is 25.0 Å². The van der Waals surface area contributed by atoms with Gasteiger partial charge in [0.05, 0.1) is 36.2 Å². The highest BCUT2D eigenvalue weighted by Crippen LogP contribution is 2.31. The Labute approximate surface area is 205 Å². The average molecular weight is 501 g/mol. The molecule has 3 N–H and O–H groups in total. The molecule has 2 heterocycles. The van der Waals surface area contributed by atoms with Gasteiger partial charge in [-0.25, -0.2) is 4.98 Å². The lowest BCUT2D eigenvalue weighted by atomic mass is 10.1. The molecule has 0 saturated heterocycles. The molecule has 2 aromatic carbocycles. The van der Waals surface area contributed by atoms with Crippen LogP contribution in [0, 0.1) is 6.92 Å². The second-order valence-corrected chi connectivity index (χ2v) is 7.76. The number of hydrogen-bond donors (Lipinski definition) is 3. The van der Waals surface area contributed by atoms with E-state index in [4.69, 9.17) is 0 Å². The first-order chi connectivity index (χ1) is 17.2. The fourth-order valence-corrected chi connectivity index (χ4v) is 3.49.